The van der Waals surface area contributed by atoms with Crippen LogP contribution in [-0.2, 0) is 9.59 Å². The van der Waals surface area contributed by atoms with Crippen LogP contribution in [0.5, 0.6) is 0 Å². The molecule has 1 saturated heterocycles. The van der Waals surface area contributed by atoms with Gasteiger partial charge < -0.3 is 4.90 Å². The number of nitrogens with zero attached hydrogens (tertiary/aromatic N) is 2. The molecule has 2 aliphatic rings. The van der Waals surface area contributed by atoms with E-state index in [1.807, 2.05) is 38.1 Å². The van der Waals surface area contributed by atoms with Gasteiger partial charge in [0.25, 0.3) is 11.8 Å². The molecule has 5 nitrogen and oxygen atoms in total. The minimum atomic E-state index is -0.463. The molecule has 6 heteroatoms. The number of hydrogen-bond acceptors (Lipinski definition) is 4. The summed E-state index contributed by atoms with van der Waals surface area (Å²) in [6, 6.07) is 11.8. The van der Waals surface area contributed by atoms with Crippen LogP contribution in [0.4, 0.5) is 11.4 Å². The molecule has 172 valence electrons. The largest absolute Gasteiger partial charge is 0.366 e. The van der Waals surface area contributed by atoms with E-state index in [1.54, 1.807) is 6.08 Å². The van der Waals surface area contributed by atoms with Gasteiger partial charge in [-0.15, -0.1) is 0 Å². The summed E-state index contributed by atoms with van der Waals surface area (Å²) in [5, 5.41) is 2.78. The lowest BCUT2D eigenvalue weighted by Crippen LogP contribution is -2.54. The Morgan fingerprint density at radius 2 is 1.82 bits per heavy atom. The van der Waals surface area contributed by atoms with Crippen molar-refractivity contribution in [3.63, 3.8) is 0 Å². The number of nitrogens with one attached hydrogen (secondary N) is 1. The molecule has 2 aromatic rings. The Hall–Kier alpha value is -2.99. The zero-order chi connectivity index (χ0) is 24.1. The summed E-state index contributed by atoms with van der Waals surface area (Å²) < 4.78 is 0. The van der Waals surface area contributed by atoms with E-state index >= 15 is 0 Å². The summed E-state index contributed by atoms with van der Waals surface area (Å²) in [5.41, 5.74) is 6.29. The second-order valence-electron chi connectivity index (χ2n) is 9.72. The molecule has 0 spiro atoms. The second-order valence-corrected chi connectivity index (χ2v) is 10.1. The van der Waals surface area contributed by atoms with Crippen molar-refractivity contribution in [2.75, 3.05) is 16.3 Å². The number of aryl methyl sites for hydroxylation is 2. The van der Waals surface area contributed by atoms with Crippen LogP contribution in [0, 0.1) is 13.8 Å². The van der Waals surface area contributed by atoms with Gasteiger partial charge in [-0.2, -0.15) is 0 Å². The van der Waals surface area contributed by atoms with E-state index in [9.17, 15) is 9.59 Å². The third-order valence-electron chi connectivity index (χ3n) is 6.78. The number of carbonyl (C=O) groups excluding carboxylic acids is 2. The lowest BCUT2D eigenvalue weighted by molar-refractivity contribution is -0.122. The van der Waals surface area contributed by atoms with Crippen LogP contribution in [-0.4, -0.2) is 29.0 Å². The average Bonchev–Trinajstić information content (AvgIpc) is 2.72. The SMILES string of the molecule is CCN1c2cc(C)c(/C=C3\C(=O)NC(=S)N(c4ccc(C)cc4)C3=O)cc2[C@@H](C)CC1(C)C. The summed E-state index contributed by atoms with van der Waals surface area (Å²) >= 11 is 5.32. The quantitative estimate of drug-likeness (QED) is 0.386. The van der Waals surface area contributed by atoms with Crippen molar-refractivity contribution in [1.29, 1.82) is 0 Å². The number of benzene rings is 2. The maximum atomic E-state index is 13.4. The van der Waals surface area contributed by atoms with Gasteiger partial charge in [0.1, 0.15) is 5.57 Å². The Labute approximate surface area is 201 Å². The smallest absolute Gasteiger partial charge is 0.270 e. The molecular weight excluding hydrogens is 430 g/mol. The van der Waals surface area contributed by atoms with Crippen LogP contribution < -0.4 is 15.1 Å². The van der Waals surface area contributed by atoms with E-state index in [0.717, 1.165) is 29.7 Å². The van der Waals surface area contributed by atoms with E-state index in [4.69, 9.17) is 12.2 Å². The van der Waals surface area contributed by atoms with Gasteiger partial charge in [-0.25, -0.2) is 0 Å². The minimum Gasteiger partial charge on any atom is -0.366 e. The number of anilines is 2. The first-order valence-electron chi connectivity index (χ1n) is 11.4. The second kappa shape index (κ2) is 8.41. The molecule has 2 aromatic carbocycles. The molecule has 1 N–H and O–H groups in total. The highest BCUT2D eigenvalue weighted by Gasteiger charge is 2.37. The van der Waals surface area contributed by atoms with E-state index < -0.39 is 11.8 Å². The van der Waals surface area contributed by atoms with Crippen molar-refractivity contribution in [1.82, 2.24) is 5.32 Å². The van der Waals surface area contributed by atoms with Crippen LogP contribution in [0.15, 0.2) is 42.0 Å². The molecule has 0 bridgehead atoms. The fraction of sp³-hybridized carbons (Fsp3) is 0.370. The zero-order valence-electron chi connectivity index (χ0n) is 20.2. The van der Waals surface area contributed by atoms with Crippen molar-refractivity contribution < 1.29 is 9.59 Å². The van der Waals surface area contributed by atoms with Crippen molar-refractivity contribution in [2.24, 2.45) is 0 Å². The lowest BCUT2D eigenvalue weighted by Gasteiger charge is -2.47. The van der Waals surface area contributed by atoms with Crippen molar-refractivity contribution in [2.45, 2.75) is 59.4 Å². The summed E-state index contributed by atoms with van der Waals surface area (Å²) in [4.78, 5) is 30.0. The lowest BCUT2D eigenvalue weighted by atomic mass is 9.79. The Balaban J connectivity index is 1.77. The third kappa shape index (κ3) is 4.08. The normalized spacial score (nSPS) is 21.3. The summed E-state index contributed by atoms with van der Waals surface area (Å²) in [5.74, 6) is -0.494. The Morgan fingerprint density at radius 1 is 1.15 bits per heavy atom. The molecule has 2 amide bonds. The van der Waals surface area contributed by atoms with E-state index in [-0.39, 0.29) is 16.2 Å². The summed E-state index contributed by atoms with van der Waals surface area (Å²) in [6.07, 6.45) is 2.75. The summed E-state index contributed by atoms with van der Waals surface area (Å²) in [6.45, 7) is 13.9. The Bertz CT molecular complexity index is 1180. The van der Waals surface area contributed by atoms with Gasteiger partial charge in [0, 0.05) is 17.8 Å². The first-order chi connectivity index (χ1) is 15.5. The molecule has 1 fully saturated rings. The number of hydrogen-bond donors (Lipinski definition) is 1. The van der Waals surface area contributed by atoms with Crippen LogP contribution in [0.3, 0.4) is 0 Å². The van der Waals surface area contributed by atoms with Gasteiger partial charge in [0.2, 0.25) is 0 Å². The number of fused-ring (bicyclic) bond motifs is 1. The number of rotatable bonds is 3. The Kier molecular flexibility index (Phi) is 5.91. The third-order valence-corrected chi connectivity index (χ3v) is 7.07. The minimum absolute atomic E-state index is 0.0804. The molecule has 0 radical (unpaired) electrons. The van der Waals surface area contributed by atoms with Crippen LogP contribution >= 0.6 is 12.2 Å². The number of amides is 2. The van der Waals surface area contributed by atoms with E-state index in [2.05, 4.69) is 50.0 Å². The monoisotopic (exact) mass is 461 g/mol. The fourth-order valence-electron chi connectivity index (χ4n) is 5.15. The molecule has 0 saturated carbocycles. The van der Waals surface area contributed by atoms with Gasteiger partial charge in [-0.1, -0.05) is 24.6 Å². The van der Waals surface area contributed by atoms with Crippen LogP contribution in [0.1, 0.15) is 62.3 Å². The van der Waals surface area contributed by atoms with Gasteiger partial charge in [-0.05, 0) is 106 Å². The Morgan fingerprint density at radius 3 is 2.45 bits per heavy atom. The topological polar surface area (TPSA) is 52.7 Å². The fourth-order valence-corrected chi connectivity index (χ4v) is 5.43. The first kappa shape index (κ1) is 23.2. The van der Waals surface area contributed by atoms with Gasteiger partial charge >= 0.3 is 0 Å². The molecule has 1 atom stereocenters. The van der Waals surface area contributed by atoms with Crippen LogP contribution in [0.2, 0.25) is 0 Å². The highest BCUT2D eigenvalue weighted by atomic mass is 32.1. The molecule has 2 aliphatic heterocycles. The molecule has 33 heavy (non-hydrogen) atoms. The van der Waals surface area contributed by atoms with E-state index in [0.29, 0.717) is 11.6 Å². The summed E-state index contributed by atoms with van der Waals surface area (Å²) in [7, 11) is 0. The van der Waals surface area contributed by atoms with Crippen molar-refractivity contribution >= 4 is 46.6 Å². The number of carbonyl (C=O) groups is 2. The molecule has 0 aliphatic carbocycles. The predicted octanol–water partition coefficient (Wildman–Crippen LogP) is 5.25. The highest BCUT2D eigenvalue weighted by Crippen LogP contribution is 2.44. The van der Waals surface area contributed by atoms with Crippen molar-refractivity contribution in [3.8, 4) is 0 Å². The van der Waals surface area contributed by atoms with Crippen molar-refractivity contribution in [3.05, 3.63) is 64.2 Å². The highest BCUT2D eigenvalue weighted by molar-refractivity contribution is 7.80. The maximum Gasteiger partial charge on any atom is 0.270 e. The number of thiocarbonyl (C=S) groups is 1. The van der Waals surface area contributed by atoms with E-state index in [1.165, 1.54) is 16.2 Å². The molecular formula is C27H31N3O2S. The standard InChI is InChI=1S/C27H31N3O2S/c1-7-29-23-12-17(3)19(13-21(23)18(4)15-27(29,5)6)14-22-24(31)28-26(33)30(25(22)32)20-10-8-16(2)9-11-20/h8-14,18H,7,15H2,1-6H3,(H,28,31,33)/b22-14+/t18-/m0/s1. The molecule has 2 heterocycles. The molecule has 4 rings (SSSR count). The first-order valence-corrected chi connectivity index (χ1v) is 11.8. The molecule has 0 unspecified atom stereocenters. The maximum absolute atomic E-state index is 13.4. The van der Waals surface area contributed by atoms with Gasteiger partial charge in [0.05, 0.1) is 5.69 Å². The zero-order valence-corrected chi connectivity index (χ0v) is 21.0. The van der Waals surface area contributed by atoms with Crippen LogP contribution in [0.25, 0.3) is 6.08 Å². The molecule has 0 aromatic heterocycles. The predicted molar refractivity (Wildman–Crippen MR) is 139 cm³/mol. The van der Waals surface area contributed by atoms with Gasteiger partial charge in [-0.3, -0.25) is 19.8 Å². The van der Waals surface area contributed by atoms with Gasteiger partial charge in [0.15, 0.2) is 5.11 Å². The average molecular weight is 462 g/mol.